The van der Waals surface area contributed by atoms with Gasteiger partial charge in [-0.05, 0) is 104 Å². The molecule has 0 aliphatic heterocycles. The Hall–Kier alpha value is -0.300. The first-order valence-electron chi connectivity index (χ1n) is 14.3. The van der Waals surface area contributed by atoms with Crippen molar-refractivity contribution in [2.75, 3.05) is 0 Å². The second kappa shape index (κ2) is 7.99. The van der Waals surface area contributed by atoms with Crippen LogP contribution in [0.15, 0.2) is 11.6 Å². The molecule has 0 aromatic carbocycles. The van der Waals surface area contributed by atoms with E-state index in [0.717, 1.165) is 55.8 Å². The lowest BCUT2D eigenvalue weighted by Crippen LogP contribution is -2.50. The highest BCUT2D eigenvalue weighted by atomic mass is 16.3. The molecule has 0 radical (unpaired) electrons. The van der Waals surface area contributed by atoms with Crippen molar-refractivity contribution in [1.29, 1.82) is 0 Å². The van der Waals surface area contributed by atoms with E-state index in [2.05, 4.69) is 40.7 Å². The van der Waals surface area contributed by atoms with Crippen LogP contribution in [0.5, 0.6) is 0 Å². The second-order valence-electron chi connectivity index (χ2n) is 12.3. The van der Waals surface area contributed by atoms with Gasteiger partial charge in [-0.3, -0.25) is 0 Å². The van der Waals surface area contributed by atoms with E-state index >= 15 is 0 Å². The van der Waals surface area contributed by atoms with Crippen LogP contribution >= 0.6 is 0 Å². The molecule has 0 saturated heterocycles. The van der Waals surface area contributed by atoms with E-state index in [1.807, 2.05) is 0 Å². The SMILES string of the molecule is [2H]C([2H])([2H])C(CC[C@@H](C)[C@H]1CC[C@H]2[C@@H]3CC=C4C[C@@H](O)CC[C@]4(C)[C@H]3CC[C@]12C)C(C)C. The molecule has 3 saturated carbocycles. The van der Waals surface area contributed by atoms with Crippen molar-refractivity contribution in [2.45, 2.75) is 112 Å². The smallest absolute Gasteiger partial charge is 0.0577 e. The van der Waals surface area contributed by atoms with Crippen molar-refractivity contribution in [1.82, 2.24) is 0 Å². The first kappa shape index (κ1) is 18.3. The maximum atomic E-state index is 10.2. The van der Waals surface area contributed by atoms with E-state index in [0.29, 0.717) is 16.7 Å². The minimum absolute atomic E-state index is 0.124. The average Bonchev–Trinajstić information content (AvgIpc) is 3.04. The minimum atomic E-state index is -1.83. The molecule has 3 fully saturated rings. The summed E-state index contributed by atoms with van der Waals surface area (Å²) in [5.41, 5.74) is 2.30. The Labute approximate surface area is 185 Å². The highest BCUT2D eigenvalue weighted by molar-refractivity contribution is 5.25. The summed E-state index contributed by atoms with van der Waals surface area (Å²) >= 11 is 0. The molecule has 1 nitrogen and oxygen atoms in total. The molecule has 4 aliphatic carbocycles. The number of hydrogen-bond donors (Lipinski definition) is 1. The molecule has 4 rings (SSSR count). The van der Waals surface area contributed by atoms with E-state index in [-0.39, 0.29) is 17.9 Å². The van der Waals surface area contributed by atoms with Crippen molar-refractivity contribution in [3.8, 4) is 0 Å². The fourth-order valence-corrected chi connectivity index (χ4v) is 8.59. The third-order valence-corrected chi connectivity index (χ3v) is 10.6. The van der Waals surface area contributed by atoms with Crippen LogP contribution in [0.25, 0.3) is 0 Å². The molecule has 0 heterocycles. The van der Waals surface area contributed by atoms with Gasteiger partial charge in [0.05, 0.1) is 6.10 Å². The van der Waals surface area contributed by atoms with Gasteiger partial charge in [-0.15, -0.1) is 0 Å². The Kier molecular flexibility index (Phi) is 5.04. The fourth-order valence-electron chi connectivity index (χ4n) is 8.59. The van der Waals surface area contributed by atoms with E-state index in [1.54, 1.807) is 5.57 Å². The van der Waals surface area contributed by atoms with Gasteiger partial charge in [-0.25, -0.2) is 0 Å². The zero-order chi connectivity index (χ0) is 23.5. The van der Waals surface area contributed by atoms with Crippen molar-refractivity contribution >= 4 is 0 Å². The first-order chi connectivity index (χ1) is 14.9. The molecule has 29 heavy (non-hydrogen) atoms. The van der Waals surface area contributed by atoms with Gasteiger partial charge in [0.1, 0.15) is 0 Å². The summed E-state index contributed by atoms with van der Waals surface area (Å²) < 4.78 is 23.9. The number of rotatable bonds is 5. The third kappa shape index (κ3) is 3.66. The van der Waals surface area contributed by atoms with Gasteiger partial charge in [0.2, 0.25) is 0 Å². The van der Waals surface area contributed by atoms with Gasteiger partial charge in [0, 0.05) is 4.11 Å². The number of allylic oxidation sites excluding steroid dienone is 1. The third-order valence-electron chi connectivity index (χ3n) is 10.6. The highest BCUT2D eigenvalue weighted by Crippen LogP contribution is 2.67. The molecular weight excluding hydrogens is 352 g/mol. The zero-order valence-electron chi connectivity index (χ0n) is 22.7. The summed E-state index contributed by atoms with van der Waals surface area (Å²) in [6.07, 6.45) is 13.9. The van der Waals surface area contributed by atoms with Crippen molar-refractivity contribution in [3.63, 3.8) is 0 Å². The lowest BCUT2D eigenvalue weighted by molar-refractivity contribution is -0.0574. The lowest BCUT2D eigenvalue weighted by atomic mass is 9.47. The minimum Gasteiger partial charge on any atom is -0.393 e. The maximum absolute atomic E-state index is 10.2. The average molecular weight is 404 g/mol. The molecule has 0 aromatic rings. The van der Waals surface area contributed by atoms with E-state index in [9.17, 15) is 5.11 Å². The molecule has 0 bridgehead atoms. The normalized spacial score (nSPS) is 48.4. The summed E-state index contributed by atoms with van der Waals surface area (Å²) in [5.74, 6) is 3.82. The van der Waals surface area contributed by atoms with Crippen LogP contribution in [0, 0.1) is 52.3 Å². The van der Waals surface area contributed by atoms with Crippen LogP contribution in [0.4, 0.5) is 0 Å². The van der Waals surface area contributed by atoms with Crippen LogP contribution in [0.2, 0.25) is 0 Å². The largest absolute Gasteiger partial charge is 0.393 e. The molecule has 166 valence electrons. The summed E-state index contributed by atoms with van der Waals surface area (Å²) in [6, 6.07) is 0. The molecule has 0 aromatic heterocycles. The monoisotopic (exact) mass is 403 g/mol. The molecular formula is C28H48O. The first-order valence-corrected chi connectivity index (χ1v) is 12.8. The molecule has 0 amide bonds. The maximum Gasteiger partial charge on any atom is 0.0577 e. The van der Waals surface area contributed by atoms with E-state index in [4.69, 9.17) is 4.11 Å². The molecule has 0 spiro atoms. The molecule has 1 unspecified atom stereocenters. The Balaban J connectivity index is 1.47. The van der Waals surface area contributed by atoms with Crippen molar-refractivity contribution in [2.24, 2.45) is 52.3 Å². The van der Waals surface area contributed by atoms with Gasteiger partial charge in [0.25, 0.3) is 0 Å². The fraction of sp³-hybridized carbons (Fsp3) is 0.929. The molecule has 9 atom stereocenters. The summed E-state index contributed by atoms with van der Waals surface area (Å²) in [6.45, 7) is 9.85. The lowest BCUT2D eigenvalue weighted by Gasteiger charge is -2.58. The molecule has 4 aliphatic rings. The Morgan fingerprint density at radius 2 is 1.86 bits per heavy atom. The van der Waals surface area contributed by atoms with Crippen LogP contribution in [-0.2, 0) is 0 Å². The molecule has 1 N–H and O–H groups in total. The van der Waals surface area contributed by atoms with E-state index in [1.165, 1.54) is 32.1 Å². The van der Waals surface area contributed by atoms with Crippen LogP contribution in [0.1, 0.15) is 110 Å². The Morgan fingerprint density at radius 3 is 2.59 bits per heavy atom. The number of aliphatic hydroxyl groups is 1. The van der Waals surface area contributed by atoms with Crippen LogP contribution < -0.4 is 0 Å². The van der Waals surface area contributed by atoms with Gasteiger partial charge in [-0.2, -0.15) is 0 Å². The quantitative estimate of drug-likeness (QED) is 0.468. The highest BCUT2D eigenvalue weighted by Gasteiger charge is 2.59. The topological polar surface area (TPSA) is 20.2 Å². The summed E-state index contributed by atoms with van der Waals surface area (Å²) in [7, 11) is 0. The van der Waals surface area contributed by atoms with Gasteiger partial charge in [-0.1, -0.05) is 66.0 Å². The molecule has 1 heteroatoms. The van der Waals surface area contributed by atoms with E-state index < -0.39 is 6.85 Å². The Morgan fingerprint density at radius 1 is 1.07 bits per heavy atom. The van der Waals surface area contributed by atoms with Gasteiger partial charge >= 0.3 is 0 Å². The number of aliphatic hydroxyl groups excluding tert-OH is 1. The van der Waals surface area contributed by atoms with Gasteiger partial charge < -0.3 is 5.11 Å². The standard InChI is InChI=1S/C28H48O/c1-18(2)19(3)7-8-20(4)24-11-12-25-23-10-9-21-17-22(29)13-15-27(21,5)26(23)14-16-28(24,25)6/h9,18-20,22-26,29H,7-8,10-17H2,1-6H3/t19?,20-,22+,23+,24-,25+,26+,27+,28-/m1/s1/i3D3. The summed E-state index contributed by atoms with van der Waals surface area (Å²) in [4.78, 5) is 0. The number of fused-ring (bicyclic) bond motifs is 5. The van der Waals surface area contributed by atoms with Crippen molar-refractivity contribution in [3.05, 3.63) is 11.6 Å². The Bertz CT molecular complexity index is 712. The predicted molar refractivity (Wildman–Crippen MR) is 124 cm³/mol. The van der Waals surface area contributed by atoms with Crippen molar-refractivity contribution < 1.29 is 9.22 Å². The van der Waals surface area contributed by atoms with Crippen LogP contribution in [-0.4, -0.2) is 11.2 Å². The second-order valence-corrected chi connectivity index (χ2v) is 12.3. The summed E-state index contributed by atoms with van der Waals surface area (Å²) in [5, 5.41) is 10.2. The van der Waals surface area contributed by atoms with Gasteiger partial charge in [0.15, 0.2) is 0 Å². The van der Waals surface area contributed by atoms with Crippen LogP contribution in [0.3, 0.4) is 0 Å². The number of hydrogen-bond acceptors (Lipinski definition) is 1. The zero-order valence-corrected chi connectivity index (χ0v) is 19.7. The predicted octanol–water partition coefficient (Wildman–Crippen LogP) is 7.63.